The molecule has 2 aliphatic heterocycles. The Morgan fingerprint density at radius 3 is 1.92 bits per heavy atom. The fourth-order valence-corrected chi connectivity index (χ4v) is 5.49. The van der Waals surface area contributed by atoms with Gasteiger partial charge >= 0.3 is 5.97 Å². The van der Waals surface area contributed by atoms with Crippen molar-refractivity contribution >= 4 is 5.97 Å². The van der Waals surface area contributed by atoms with Crippen molar-refractivity contribution in [2.24, 2.45) is 0 Å². The Morgan fingerprint density at radius 2 is 1.32 bits per heavy atom. The van der Waals surface area contributed by atoms with Crippen molar-refractivity contribution < 1.29 is 19.4 Å². The molecule has 2 atom stereocenters. The van der Waals surface area contributed by atoms with Crippen LogP contribution in [0.15, 0.2) is 103 Å². The van der Waals surface area contributed by atoms with E-state index < -0.39 is 5.97 Å². The summed E-state index contributed by atoms with van der Waals surface area (Å²) < 4.78 is 12.4. The Hall–Kier alpha value is -4.13. The third kappa shape index (κ3) is 5.42. The van der Waals surface area contributed by atoms with Gasteiger partial charge in [0.15, 0.2) is 0 Å². The van der Waals surface area contributed by atoms with Crippen LogP contribution in [0.3, 0.4) is 0 Å². The van der Waals surface area contributed by atoms with E-state index >= 15 is 0 Å². The first kappa shape index (κ1) is 24.2. The highest BCUT2D eigenvalue weighted by Gasteiger charge is 2.43. The zero-order valence-electron chi connectivity index (χ0n) is 21.1. The van der Waals surface area contributed by atoms with E-state index in [4.69, 9.17) is 14.6 Å². The number of aromatic carboxylic acids is 1. The lowest BCUT2D eigenvalue weighted by molar-refractivity contribution is 0.0697. The lowest BCUT2D eigenvalue weighted by Crippen LogP contribution is -2.45. The summed E-state index contributed by atoms with van der Waals surface area (Å²) in [7, 11) is 0. The molecular formula is C32H30N2O4. The number of carbonyl (C=O) groups is 1. The second-order valence-electron chi connectivity index (χ2n) is 10.0. The van der Waals surface area contributed by atoms with E-state index in [0.717, 1.165) is 66.7 Å². The summed E-state index contributed by atoms with van der Waals surface area (Å²) in [5.41, 5.74) is 2.62. The zero-order chi connectivity index (χ0) is 25.9. The molecule has 0 saturated carbocycles. The van der Waals surface area contributed by atoms with E-state index in [1.54, 1.807) is 12.1 Å². The van der Waals surface area contributed by atoms with E-state index in [-0.39, 0.29) is 0 Å². The lowest BCUT2D eigenvalue weighted by Gasteiger charge is -2.34. The van der Waals surface area contributed by atoms with Crippen molar-refractivity contribution in [3.05, 3.63) is 120 Å². The second-order valence-corrected chi connectivity index (χ2v) is 10.0. The molecule has 0 radical (unpaired) electrons. The number of ether oxygens (including phenoxy) is 2. The number of rotatable bonds is 9. The Morgan fingerprint density at radius 1 is 0.711 bits per heavy atom. The van der Waals surface area contributed by atoms with Crippen molar-refractivity contribution in [3.63, 3.8) is 0 Å². The predicted octanol–water partition coefficient (Wildman–Crippen LogP) is 6.43. The molecule has 2 fully saturated rings. The molecule has 1 N–H and O–H groups in total. The molecule has 4 aromatic carbocycles. The number of para-hydroxylation sites is 2. The van der Waals surface area contributed by atoms with E-state index in [9.17, 15) is 4.79 Å². The smallest absolute Gasteiger partial charge is 0.335 e. The molecule has 6 heteroatoms. The number of nitrogens with zero attached hydrogens (tertiary/aromatic N) is 2. The van der Waals surface area contributed by atoms with Crippen LogP contribution in [0.2, 0.25) is 0 Å². The number of carboxylic acid groups (broad SMARTS) is 1. The number of fused-ring (bicyclic) bond motifs is 2. The molecule has 6 rings (SSSR count). The normalized spacial score (nSPS) is 18.9. The molecule has 38 heavy (non-hydrogen) atoms. The van der Waals surface area contributed by atoms with Gasteiger partial charge < -0.3 is 14.6 Å². The minimum Gasteiger partial charge on any atom is -0.478 e. The highest BCUT2D eigenvalue weighted by molar-refractivity contribution is 5.87. The van der Waals surface area contributed by atoms with Gasteiger partial charge in [0.2, 0.25) is 0 Å². The quantitative estimate of drug-likeness (QED) is 0.282. The minimum atomic E-state index is -0.886. The average molecular weight is 507 g/mol. The van der Waals surface area contributed by atoms with Crippen LogP contribution in [-0.4, -0.2) is 46.0 Å². The molecule has 0 unspecified atom stereocenters. The molecule has 0 aromatic heterocycles. The summed E-state index contributed by atoms with van der Waals surface area (Å²) in [4.78, 5) is 16.2. The SMILES string of the molecule is O=C(O)c1ccc(CN2C[C@@H]3C[C@H]2CN3Cc2ccc(Oc3ccccc3)cc2Oc2ccccc2)cc1. The van der Waals surface area contributed by atoms with Crippen LogP contribution in [0.1, 0.15) is 27.9 Å². The van der Waals surface area contributed by atoms with Crippen molar-refractivity contribution in [3.8, 4) is 23.0 Å². The Balaban J connectivity index is 1.15. The van der Waals surface area contributed by atoms with Gasteiger partial charge in [0.25, 0.3) is 0 Å². The van der Waals surface area contributed by atoms with E-state index in [2.05, 4.69) is 15.9 Å². The topological polar surface area (TPSA) is 62.2 Å². The van der Waals surface area contributed by atoms with E-state index in [1.165, 1.54) is 0 Å². The first-order valence-electron chi connectivity index (χ1n) is 13.0. The highest BCUT2D eigenvalue weighted by atomic mass is 16.5. The number of carboxylic acids is 1. The molecule has 0 spiro atoms. The summed E-state index contributed by atoms with van der Waals surface area (Å²) in [5.74, 6) is 2.26. The third-order valence-electron chi connectivity index (χ3n) is 7.42. The Bertz CT molecular complexity index is 1390. The van der Waals surface area contributed by atoms with Gasteiger partial charge in [0.05, 0.1) is 5.56 Å². The van der Waals surface area contributed by atoms with Crippen LogP contribution in [0, 0.1) is 0 Å². The van der Waals surface area contributed by atoms with Gasteiger partial charge in [-0.15, -0.1) is 0 Å². The third-order valence-corrected chi connectivity index (χ3v) is 7.42. The highest BCUT2D eigenvalue weighted by Crippen LogP contribution is 2.37. The van der Waals surface area contributed by atoms with Crippen molar-refractivity contribution in [2.45, 2.75) is 31.6 Å². The molecule has 2 saturated heterocycles. The molecule has 2 heterocycles. The van der Waals surface area contributed by atoms with Gasteiger partial charge in [-0.2, -0.15) is 0 Å². The van der Waals surface area contributed by atoms with Gasteiger partial charge in [-0.05, 0) is 54.4 Å². The van der Waals surface area contributed by atoms with Crippen LogP contribution < -0.4 is 9.47 Å². The number of benzene rings is 4. The summed E-state index contributed by atoms with van der Waals surface area (Å²) in [6.45, 7) is 3.68. The predicted molar refractivity (Wildman–Crippen MR) is 146 cm³/mol. The molecule has 6 nitrogen and oxygen atoms in total. The van der Waals surface area contributed by atoms with Crippen LogP contribution >= 0.6 is 0 Å². The Kier molecular flexibility index (Phi) is 6.82. The van der Waals surface area contributed by atoms with Gasteiger partial charge in [0.1, 0.15) is 23.0 Å². The fraction of sp³-hybridized carbons (Fsp3) is 0.219. The van der Waals surface area contributed by atoms with Crippen LogP contribution in [0.4, 0.5) is 0 Å². The molecule has 2 bridgehead atoms. The summed E-state index contributed by atoms with van der Waals surface area (Å²) >= 11 is 0. The van der Waals surface area contributed by atoms with Gasteiger partial charge in [-0.25, -0.2) is 4.79 Å². The first-order chi connectivity index (χ1) is 18.6. The van der Waals surface area contributed by atoms with Gasteiger partial charge in [0, 0.05) is 49.9 Å². The van der Waals surface area contributed by atoms with Crippen LogP contribution in [-0.2, 0) is 13.1 Å². The molecule has 0 aliphatic carbocycles. The maximum atomic E-state index is 11.1. The fourth-order valence-electron chi connectivity index (χ4n) is 5.49. The monoisotopic (exact) mass is 506 g/mol. The second kappa shape index (κ2) is 10.7. The van der Waals surface area contributed by atoms with Crippen molar-refractivity contribution in [1.82, 2.24) is 9.80 Å². The average Bonchev–Trinajstić information content (AvgIpc) is 3.52. The number of hydrogen-bond donors (Lipinski definition) is 1. The van der Waals surface area contributed by atoms with Gasteiger partial charge in [-0.1, -0.05) is 54.6 Å². The molecular weight excluding hydrogens is 476 g/mol. The minimum absolute atomic E-state index is 0.330. The van der Waals surface area contributed by atoms with E-state index in [0.29, 0.717) is 17.6 Å². The maximum absolute atomic E-state index is 11.1. The lowest BCUT2D eigenvalue weighted by atomic mass is 10.1. The maximum Gasteiger partial charge on any atom is 0.335 e. The van der Waals surface area contributed by atoms with Crippen molar-refractivity contribution in [2.75, 3.05) is 13.1 Å². The van der Waals surface area contributed by atoms with Gasteiger partial charge in [-0.3, -0.25) is 9.80 Å². The summed E-state index contributed by atoms with van der Waals surface area (Å²) in [6, 6.07) is 34.0. The Labute approximate surface area is 222 Å². The standard InChI is InChI=1S/C32H30N2O4/c35-32(36)24-13-11-23(12-14-24)19-33-21-27-17-26(33)22-34(27)20-25-15-16-30(37-28-7-3-1-4-8-28)18-31(25)38-29-9-5-2-6-10-29/h1-16,18,26-27H,17,19-22H2,(H,35,36)/t26-,27-/m0/s1. The molecule has 4 aromatic rings. The van der Waals surface area contributed by atoms with Crippen LogP contribution in [0.25, 0.3) is 0 Å². The number of hydrogen-bond acceptors (Lipinski definition) is 5. The van der Waals surface area contributed by atoms with E-state index in [1.807, 2.05) is 84.9 Å². The van der Waals surface area contributed by atoms with Crippen molar-refractivity contribution in [1.29, 1.82) is 0 Å². The summed E-state index contributed by atoms with van der Waals surface area (Å²) in [6.07, 6.45) is 1.15. The molecule has 192 valence electrons. The van der Waals surface area contributed by atoms with Crippen LogP contribution in [0.5, 0.6) is 23.0 Å². The zero-order valence-corrected chi connectivity index (χ0v) is 21.1. The summed E-state index contributed by atoms with van der Waals surface area (Å²) in [5, 5.41) is 9.15. The largest absolute Gasteiger partial charge is 0.478 e. The number of piperazine rings is 1. The molecule has 2 aliphatic rings. The molecule has 0 amide bonds. The number of likely N-dealkylation sites (tertiary alicyclic amines) is 2. The first-order valence-corrected chi connectivity index (χ1v) is 13.0.